The molecule has 3 N–H and O–H groups in total. The van der Waals surface area contributed by atoms with Crippen molar-refractivity contribution in [2.24, 2.45) is 0 Å². The first-order valence-electron chi connectivity index (χ1n) is 6.70. The number of anilines is 3. The Morgan fingerprint density at radius 1 is 1.35 bits per heavy atom. The highest BCUT2D eigenvalue weighted by Gasteiger charge is 2.13. The van der Waals surface area contributed by atoms with Crippen LogP contribution in [0.3, 0.4) is 0 Å². The Morgan fingerprint density at radius 2 is 2.17 bits per heavy atom. The third-order valence-electron chi connectivity index (χ3n) is 3.15. The second-order valence-electron chi connectivity index (χ2n) is 4.75. The van der Waals surface area contributed by atoms with Gasteiger partial charge in [0.2, 0.25) is 11.6 Å². The first kappa shape index (κ1) is 14.6. The number of carboxylic acid groups (broad SMARTS) is 1. The molecule has 3 rings (SSSR count). The van der Waals surface area contributed by atoms with Crippen LogP contribution in [0.25, 0.3) is 5.65 Å². The minimum absolute atomic E-state index is 0.0918. The van der Waals surface area contributed by atoms with Crippen molar-refractivity contribution in [2.45, 2.75) is 6.92 Å². The standard InChI is InChI=1S/C14H14N6O3/c1-8-3-4-10(23-2)9(7-8)16-11-12-18-19-13(17-14(21)22)20(12)6-5-15-11/h3-7H,1-2H3,(H,15,16)(H,17,19)(H,21,22). The number of nitrogens with zero attached hydrogens (tertiary/aromatic N) is 4. The van der Waals surface area contributed by atoms with E-state index in [9.17, 15) is 4.79 Å². The van der Waals surface area contributed by atoms with Gasteiger partial charge in [0.05, 0.1) is 12.8 Å². The Balaban J connectivity index is 2.02. The highest BCUT2D eigenvalue weighted by atomic mass is 16.5. The predicted molar refractivity (Wildman–Crippen MR) is 83.4 cm³/mol. The molecule has 1 amide bonds. The van der Waals surface area contributed by atoms with Gasteiger partial charge in [-0.3, -0.25) is 9.72 Å². The van der Waals surface area contributed by atoms with Crippen molar-refractivity contribution in [1.29, 1.82) is 0 Å². The lowest BCUT2D eigenvalue weighted by atomic mass is 10.2. The van der Waals surface area contributed by atoms with Crippen LogP contribution >= 0.6 is 0 Å². The van der Waals surface area contributed by atoms with Gasteiger partial charge in [-0.05, 0) is 24.6 Å². The average Bonchev–Trinajstić information content (AvgIpc) is 2.91. The van der Waals surface area contributed by atoms with Crippen molar-refractivity contribution in [3.05, 3.63) is 36.2 Å². The maximum atomic E-state index is 10.8. The maximum Gasteiger partial charge on any atom is 0.411 e. The Kier molecular flexibility index (Phi) is 3.67. The molecule has 0 aliphatic carbocycles. The van der Waals surface area contributed by atoms with Gasteiger partial charge in [0, 0.05) is 12.4 Å². The zero-order valence-corrected chi connectivity index (χ0v) is 12.4. The highest BCUT2D eigenvalue weighted by molar-refractivity contribution is 5.82. The van der Waals surface area contributed by atoms with Crippen molar-refractivity contribution in [2.75, 3.05) is 17.7 Å². The van der Waals surface area contributed by atoms with Crippen LogP contribution < -0.4 is 15.4 Å². The zero-order chi connectivity index (χ0) is 16.4. The molecule has 0 spiro atoms. The summed E-state index contributed by atoms with van der Waals surface area (Å²) in [5.41, 5.74) is 2.17. The molecule has 3 aromatic rings. The molecule has 0 saturated heterocycles. The number of nitrogens with one attached hydrogen (secondary N) is 2. The zero-order valence-electron chi connectivity index (χ0n) is 12.4. The van der Waals surface area contributed by atoms with Crippen molar-refractivity contribution in [3.63, 3.8) is 0 Å². The fraction of sp³-hybridized carbons (Fsp3) is 0.143. The lowest BCUT2D eigenvalue weighted by Gasteiger charge is -2.11. The minimum Gasteiger partial charge on any atom is -0.495 e. The van der Waals surface area contributed by atoms with E-state index >= 15 is 0 Å². The first-order chi connectivity index (χ1) is 11.1. The van der Waals surface area contributed by atoms with E-state index in [1.54, 1.807) is 13.3 Å². The fourth-order valence-corrected chi connectivity index (χ4v) is 2.14. The largest absolute Gasteiger partial charge is 0.495 e. The third kappa shape index (κ3) is 2.84. The molecular formula is C14H14N6O3. The van der Waals surface area contributed by atoms with Gasteiger partial charge in [0.1, 0.15) is 5.75 Å². The molecule has 118 valence electrons. The second-order valence-corrected chi connectivity index (χ2v) is 4.75. The number of benzene rings is 1. The summed E-state index contributed by atoms with van der Waals surface area (Å²) in [5, 5.41) is 21.9. The average molecular weight is 314 g/mol. The normalized spacial score (nSPS) is 10.5. The van der Waals surface area contributed by atoms with E-state index in [4.69, 9.17) is 9.84 Å². The SMILES string of the molecule is COc1ccc(C)cc1Nc1nccn2c(NC(=O)O)nnc12. The van der Waals surface area contributed by atoms with E-state index in [0.29, 0.717) is 17.2 Å². The van der Waals surface area contributed by atoms with Gasteiger partial charge in [-0.25, -0.2) is 9.78 Å². The predicted octanol–water partition coefficient (Wildman–Crippen LogP) is 2.27. The third-order valence-corrected chi connectivity index (χ3v) is 3.15. The number of fused-ring (bicyclic) bond motifs is 1. The topological polar surface area (TPSA) is 114 Å². The summed E-state index contributed by atoms with van der Waals surface area (Å²) in [7, 11) is 1.58. The van der Waals surface area contributed by atoms with Gasteiger partial charge in [-0.1, -0.05) is 6.07 Å². The first-order valence-corrected chi connectivity index (χ1v) is 6.70. The maximum absolute atomic E-state index is 10.8. The van der Waals surface area contributed by atoms with E-state index < -0.39 is 6.09 Å². The van der Waals surface area contributed by atoms with E-state index in [1.165, 1.54) is 10.6 Å². The van der Waals surface area contributed by atoms with Gasteiger partial charge in [-0.15, -0.1) is 10.2 Å². The molecular weight excluding hydrogens is 300 g/mol. The number of ether oxygens (including phenoxy) is 1. The van der Waals surface area contributed by atoms with Crippen LogP contribution in [0.5, 0.6) is 5.75 Å². The molecule has 1 aromatic carbocycles. The number of aryl methyl sites for hydroxylation is 1. The number of amides is 1. The van der Waals surface area contributed by atoms with Crippen LogP contribution in [0.1, 0.15) is 5.56 Å². The van der Waals surface area contributed by atoms with Crippen LogP contribution in [0.15, 0.2) is 30.6 Å². The molecule has 23 heavy (non-hydrogen) atoms. The fourth-order valence-electron chi connectivity index (χ4n) is 2.14. The monoisotopic (exact) mass is 314 g/mol. The quantitative estimate of drug-likeness (QED) is 0.677. The number of carbonyl (C=O) groups is 1. The molecule has 0 aliphatic rings. The van der Waals surface area contributed by atoms with Crippen molar-refractivity contribution < 1.29 is 14.6 Å². The van der Waals surface area contributed by atoms with Crippen molar-refractivity contribution >= 4 is 29.2 Å². The Labute approximate surface area is 130 Å². The van der Waals surface area contributed by atoms with Gasteiger partial charge < -0.3 is 15.2 Å². The Bertz CT molecular complexity index is 876. The van der Waals surface area contributed by atoms with Crippen molar-refractivity contribution in [3.8, 4) is 5.75 Å². The molecule has 0 saturated carbocycles. The van der Waals surface area contributed by atoms with E-state index in [1.807, 2.05) is 25.1 Å². The van der Waals surface area contributed by atoms with Crippen LogP contribution in [0.4, 0.5) is 22.2 Å². The summed E-state index contributed by atoms with van der Waals surface area (Å²) in [4.78, 5) is 15.0. The van der Waals surface area contributed by atoms with Gasteiger partial charge in [-0.2, -0.15) is 0 Å². The molecule has 2 heterocycles. The summed E-state index contributed by atoms with van der Waals surface area (Å²) in [5.74, 6) is 1.18. The van der Waals surface area contributed by atoms with Crippen LogP contribution in [-0.2, 0) is 0 Å². The number of hydrogen-bond donors (Lipinski definition) is 3. The number of aromatic nitrogens is 4. The molecule has 2 aromatic heterocycles. The Morgan fingerprint density at radius 3 is 2.91 bits per heavy atom. The van der Waals surface area contributed by atoms with Gasteiger partial charge in [0.25, 0.3) is 0 Å². The van der Waals surface area contributed by atoms with E-state index in [2.05, 4.69) is 25.8 Å². The summed E-state index contributed by atoms with van der Waals surface area (Å²) in [6.07, 6.45) is 1.87. The molecule has 0 radical (unpaired) electrons. The number of methoxy groups -OCH3 is 1. The smallest absolute Gasteiger partial charge is 0.411 e. The van der Waals surface area contributed by atoms with E-state index in [-0.39, 0.29) is 5.95 Å². The molecule has 0 aliphatic heterocycles. The van der Waals surface area contributed by atoms with Crippen molar-refractivity contribution in [1.82, 2.24) is 19.6 Å². The van der Waals surface area contributed by atoms with E-state index in [0.717, 1.165) is 11.3 Å². The second kappa shape index (κ2) is 5.79. The Hall–Kier alpha value is -3.36. The summed E-state index contributed by atoms with van der Waals surface area (Å²) >= 11 is 0. The minimum atomic E-state index is -1.22. The van der Waals surface area contributed by atoms with Crippen LogP contribution in [0, 0.1) is 6.92 Å². The number of rotatable bonds is 4. The van der Waals surface area contributed by atoms with Crippen LogP contribution in [-0.4, -0.2) is 37.9 Å². The molecule has 0 bridgehead atoms. The van der Waals surface area contributed by atoms with Gasteiger partial charge >= 0.3 is 6.09 Å². The van der Waals surface area contributed by atoms with Crippen LogP contribution in [0.2, 0.25) is 0 Å². The lowest BCUT2D eigenvalue weighted by Crippen LogP contribution is -2.10. The summed E-state index contributed by atoms with van der Waals surface area (Å²) in [6, 6.07) is 5.69. The molecule has 0 atom stereocenters. The number of hydrogen-bond acceptors (Lipinski definition) is 6. The van der Waals surface area contributed by atoms with Gasteiger partial charge in [0.15, 0.2) is 5.82 Å². The molecule has 9 nitrogen and oxygen atoms in total. The summed E-state index contributed by atoms with van der Waals surface area (Å²) in [6.45, 7) is 1.96. The summed E-state index contributed by atoms with van der Waals surface area (Å²) < 4.78 is 6.81. The highest BCUT2D eigenvalue weighted by Crippen LogP contribution is 2.29. The lowest BCUT2D eigenvalue weighted by molar-refractivity contribution is 0.209. The molecule has 0 unspecified atom stereocenters. The molecule has 0 fully saturated rings. The molecule has 9 heteroatoms.